The van der Waals surface area contributed by atoms with E-state index < -0.39 is 0 Å². The first-order valence-electron chi connectivity index (χ1n) is 8.32. The van der Waals surface area contributed by atoms with Crippen LogP contribution in [-0.4, -0.2) is 4.98 Å². The number of aromatic nitrogens is 1. The zero-order valence-electron chi connectivity index (χ0n) is 17.3. The fourth-order valence-electron chi connectivity index (χ4n) is 3.12. The van der Waals surface area contributed by atoms with Crippen molar-refractivity contribution in [3.8, 4) is 10.6 Å². The van der Waals surface area contributed by atoms with Crippen LogP contribution in [0.3, 0.4) is 0 Å². The molecule has 0 radical (unpaired) electrons. The van der Waals surface area contributed by atoms with E-state index in [1.165, 1.54) is 11.1 Å². The van der Waals surface area contributed by atoms with Crippen LogP contribution < -0.4 is 0 Å². The Morgan fingerprint density at radius 2 is 1.68 bits per heavy atom. The largest absolute Gasteiger partial charge is 0.358 e. The van der Waals surface area contributed by atoms with Crippen LogP contribution in [0.25, 0.3) is 22.7 Å². The molecule has 152 valence electrons. The van der Waals surface area contributed by atoms with Gasteiger partial charge in [0, 0.05) is 37.9 Å². The number of hydrogen-bond donors (Lipinski definition) is 0. The number of thiophene rings is 1. The van der Waals surface area contributed by atoms with Gasteiger partial charge in [-0.1, -0.05) is 56.3 Å². The molecule has 0 aliphatic carbocycles. The summed E-state index contributed by atoms with van der Waals surface area (Å²) in [6.07, 6.45) is 3.67. The van der Waals surface area contributed by atoms with Gasteiger partial charge in [-0.15, -0.1) is 30.9 Å². The van der Waals surface area contributed by atoms with E-state index in [2.05, 4.69) is 76.4 Å². The molecule has 1 nitrogen and oxygen atoms in total. The van der Waals surface area contributed by atoms with Crippen LogP contribution in [0.5, 0.6) is 0 Å². The van der Waals surface area contributed by atoms with Crippen LogP contribution in [-0.2, 0) is 26.5 Å². The quantitative estimate of drug-likeness (QED) is 0.291. The summed E-state index contributed by atoms with van der Waals surface area (Å²) in [5.74, 6) is 0. The average molecular weight is 570 g/mol. The molecule has 2 heterocycles. The van der Waals surface area contributed by atoms with Crippen molar-refractivity contribution in [2.24, 2.45) is 0 Å². The molecule has 0 aliphatic heterocycles. The maximum atomic E-state index is 4.97. The molecule has 3 heteroatoms. The Morgan fingerprint density at radius 1 is 1.00 bits per heavy atom. The van der Waals surface area contributed by atoms with Crippen molar-refractivity contribution >= 4 is 23.5 Å². The van der Waals surface area contributed by atoms with Gasteiger partial charge >= 0.3 is 0 Å². The second-order valence-electron chi connectivity index (χ2n) is 6.59. The second kappa shape index (κ2) is 10.7. The summed E-state index contributed by atoms with van der Waals surface area (Å²) in [6, 6.07) is 18.1. The predicted molar refractivity (Wildman–Crippen MR) is 123 cm³/mol. The molecule has 0 spiro atoms. The van der Waals surface area contributed by atoms with Crippen molar-refractivity contribution in [2.45, 2.75) is 26.2 Å². The van der Waals surface area contributed by atoms with Crippen molar-refractivity contribution in [3.05, 3.63) is 104 Å². The van der Waals surface area contributed by atoms with E-state index in [0.717, 1.165) is 26.7 Å². The molecule has 2 aromatic heterocycles. The summed E-state index contributed by atoms with van der Waals surface area (Å²) in [4.78, 5) is 7.07. The minimum absolute atomic E-state index is 0. The van der Waals surface area contributed by atoms with Crippen LogP contribution >= 0.6 is 11.3 Å². The van der Waals surface area contributed by atoms with Crippen LogP contribution in [0, 0.1) is 27.8 Å². The Hall–Kier alpha value is -1.76. The van der Waals surface area contributed by atoms with Gasteiger partial charge in [0.1, 0.15) is 0 Å². The monoisotopic (exact) mass is 569 g/mol. The van der Waals surface area contributed by atoms with Gasteiger partial charge in [0.2, 0.25) is 0 Å². The van der Waals surface area contributed by atoms with Crippen LogP contribution in [0.2, 0.25) is 0 Å². The molecule has 0 unspecified atom stereocenters. The maximum Gasteiger partial charge on any atom is 0.0397 e. The number of rotatable bonds is 5. The van der Waals surface area contributed by atoms with Crippen LogP contribution in [0.4, 0.5) is 0 Å². The third-order valence-corrected chi connectivity index (χ3v) is 5.68. The summed E-state index contributed by atoms with van der Waals surface area (Å²) < 4.78 is 0. The van der Waals surface area contributed by atoms with E-state index in [-0.39, 0.29) is 41.3 Å². The maximum absolute atomic E-state index is 4.97. The number of benzene rings is 1. The smallest absolute Gasteiger partial charge is 0.0397 e. The number of hydrogen-bond acceptors (Lipinski definition) is 2. The van der Waals surface area contributed by atoms with Gasteiger partial charge < -0.3 is 14.9 Å². The average Bonchev–Trinajstić information content (AvgIpc) is 3.05. The van der Waals surface area contributed by atoms with E-state index in [9.17, 15) is 0 Å². The number of nitrogens with zero attached hydrogens (tertiary/aromatic N) is 1. The molecule has 0 N–H and O–H groups in total. The molecule has 0 aliphatic rings. The normalized spacial score (nSPS) is 10.1. The van der Waals surface area contributed by atoms with Crippen LogP contribution in [0.15, 0.2) is 55.6 Å². The van der Waals surface area contributed by atoms with Gasteiger partial charge in [0.15, 0.2) is 0 Å². The summed E-state index contributed by atoms with van der Waals surface area (Å²) in [6.45, 7) is 14.3. The number of pyridine rings is 1. The van der Waals surface area contributed by atoms with Gasteiger partial charge in [-0.3, -0.25) is 4.98 Å². The van der Waals surface area contributed by atoms with Crippen LogP contribution in [0.1, 0.15) is 41.1 Å². The molecule has 0 atom stereocenters. The predicted octanol–water partition coefficient (Wildman–Crippen LogP) is 7.43. The zero-order valence-corrected chi connectivity index (χ0v) is 20.4. The molecule has 0 amide bonds. The van der Waals surface area contributed by atoms with Crippen molar-refractivity contribution in [1.29, 1.82) is 0 Å². The first-order chi connectivity index (χ1) is 12.0. The Balaban J connectivity index is 0.00000243. The van der Waals surface area contributed by atoms with Gasteiger partial charge in [-0.2, -0.15) is 0 Å². The first kappa shape index (κ1) is 26.2. The van der Waals surface area contributed by atoms with Gasteiger partial charge in [-0.05, 0) is 33.9 Å². The molecule has 0 saturated carbocycles. The molecule has 3 rings (SSSR count). The Kier molecular flexibility index (Phi) is 10.0. The van der Waals surface area contributed by atoms with E-state index in [0.29, 0.717) is 0 Å². The van der Waals surface area contributed by atoms with Crippen molar-refractivity contribution < 1.29 is 21.1 Å². The summed E-state index contributed by atoms with van der Waals surface area (Å²) in [7, 11) is 0. The molecule has 0 fully saturated rings. The van der Waals surface area contributed by atoms with Crippen molar-refractivity contribution in [3.63, 3.8) is 0 Å². The van der Waals surface area contributed by atoms with Gasteiger partial charge in [0.05, 0.1) is 0 Å². The Labute approximate surface area is 189 Å². The fourth-order valence-corrected chi connectivity index (χ4v) is 4.04. The van der Waals surface area contributed by atoms with E-state index >= 15 is 0 Å². The van der Waals surface area contributed by atoms with Gasteiger partial charge in [-0.25, -0.2) is 11.3 Å². The molecule has 0 saturated heterocycles. The third kappa shape index (κ3) is 4.99. The van der Waals surface area contributed by atoms with E-state index in [4.69, 9.17) is 4.98 Å². The number of aryl methyl sites for hydroxylation is 1. The molecular formula is C25H28NPtS-3. The van der Waals surface area contributed by atoms with Crippen molar-refractivity contribution in [1.82, 2.24) is 4.98 Å². The SMILES string of the molecule is C=Cc1[c-]c(-c2cccc(C(C)(C)c3ccccc3C)n2)sc1C=C.[CH3-].[CH3-].[Pt]. The topological polar surface area (TPSA) is 12.9 Å². The van der Waals surface area contributed by atoms with E-state index in [1.807, 2.05) is 18.2 Å². The van der Waals surface area contributed by atoms with E-state index in [1.54, 1.807) is 11.3 Å². The summed E-state index contributed by atoms with van der Waals surface area (Å²) >= 11 is 1.65. The Bertz CT molecular complexity index is 912. The fraction of sp³-hybridized carbons (Fsp3) is 0.160. The first-order valence-corrected chi connectivity index (χ1v) is 9.14. The minimum Gasteiger partial charge on any atom is -0.358 e. The molecular weight excluding hydrogens is 541 g/mol. The Morgan fingerprint density at radius 3 is 2.25 bits per heavy atom. The second-order valence-corrected chi connectivity index (χ2v) is 7.64. The summed E-state index contributed by atoms with van der Waals surface area (Å²) in [5, 5.41) is 0. The molecule has 1 aromatic carbocycles. The molecule has 28 heavy (non-hydrogen) atoms. The third-order valence-electron chi connectivity index (χ3n) is 4.56. The minimum atomic E-state index is -0.166. The summed E-state index contributed by atoms with van der Waals surface area (Å²) in [5.41, 5.74) is 5.40. The molecule has 3 aromatic rings. The molecule has 0 bridgehead atoms. The standard InChI is InChI=1S/C23H22NS.2CH3.Pt/c1-6-17-15-21(25-20(17)7-2)19-13-10-14-22(24-19)23(4,5)18-12-9-8-11-16(18)3;;;/h6-14H,1-2H2,3-5H3;2*1H3;/q3*-1;. The van der Waals surface area contributed by atoms with Gasteiger partial charge in [0.25, 0.3) is 0 Å². The zero-order chi connectivity index (χ0) is 18.0. The van der Waals surface area contributed by atoms with Crippen molar-refractivity contribution in [2.75, 3.05) is 0 Å².